The first-order valence-corrected chi connectivity index (χ1v) is 11.1. The maximum atomic E-state index is 11.2. The van der Waals surface area contributed by atoms with Gasteiger partial charge >= 0.3 is 5.97 Å². The van der Waals surface area contributed by atoms with E-state index in [1.807, 2.05) is 0 Å². The summed E-state index contributed by atoms with van der Waals surface area (Å²) >= 11 is 1.74. The maximum absolute atomic E-state index is 11.2. The number of carbonyl (C=O) groups is 1. The molecular formula is C23H29N3O2S. The number of aromatic nitrogens is 2. The zero-order valence-electron chi connectivity index (χ0n) is 17.7. The number of aromatic carboxylic acids is 1. The number of carboxylic acid groups (broad SMARTS) is 1. The highest BCUT2D eigenvalue weighted by molar-refractivity contribution is 7.16. The number of carboxylic acids is 1. The van der Waals surface area contributed by atoms with Crippen molar-refractivity contribution in [2.75, 3.05) is 4.90 Å². The molecule has 2 aromatic heterocycles. The molecule has 6 heteroatoms. The largest absolute Gasteiger partial charge is 0.478 e. The SMILES string of the molecule is C=C(C1CCC1)N(c1ccc(C(=O)O)cn1)c1nc2c(s1)C(C)(C)CCC2(C)C. The summed E-state index contributed by atoms with van der Waals surface area (Å²) in [6.07, 6.45) is 7.15. The molecule has 1 saturated carbocycles. The number of nitrogens with zero attached hydrogens (tertiary/aromatic N) is 3. The van der Waals surface area contributed by atoms with Crippen molar-refractivity contribution in [2.24, 2.45) is 5.92 Å². The molecule has 0 radical (unpaired) electrons. The third kappa shape index (κ3) is 3.48. The Balaban J connectivity index is 1.81. The highest BCUT2D eigenvalue weighted by Gasteiger charge is 2.41. The van der Waals surface area contributed by atoms with Crippen molar-refractivity contribution in [1.29, 1.82) is 0 Å². The van der Waals surface area contributed by atoms with E-state index in [9.17, 15) is 9.90 Å². The van der Waals surface area contributed by atoms with Crippen LogP contribution in [0.25, 0.3) is 0 Å². The molecule has 0 atom stereocenters. The third-order valence-electron chi connectivity index (χ3n) is 6.53. The van der Waals surface area contributed by atoms with Crippen LogP contribution in [0, 0.1) is 5.92 Å². The Bertz CT molecular complexity index is 922. The Morgan fingerprint density at radius 3 is 2.41 bits per heavy atom. The van der Waals surface area contributed by atoms with Gasteiger partial charge in [0.15, 0.2) is 5.13 Å². The first kappa shape index (κ1) is 20.1. The zero-order valence-corrected chi connectivity index (χ0v) is 18.5. The second-order valence-electron chi connectivity index (χ2n) is 9.61. The van der Waals surface area contributed by atoms with Gasteiger partial charge in [-0.15, -0.1) is 11.3 Å². The zero-order chi connectivity index (χ0) is 21.0. The average molecular weight is 412 g/mol. The molecule has 0 saturated heterocycles. The van der Waals surface area contributed by atoms with Gasteiger partial charge in [-0.05, 0) is 43.7 Å². The van der Waals surface area contributed by atoms with Gasteiger partial charge in [0, 0.05) is 27.6 Å². The van der Waals surface area contributed by atoms with Gasteiger partial charge < -0.3 is 5.11 Å². The minimum Gasteiger partial charge on any atom is -0.478 e. The van der Waals surface area contributed by atoms with Gasteiger partial charge in [-0.25, -0.2) is 14.8 Å². The van der Waals surface area contributed by atoms with Crippen LogP contribution in [-0.2, 0) is 10.8 Å². The first-order valence-electron chi connectivity index (χ1n) is 10.3. The summed E-state index contributed by atoms with van der Waals surface area (Å²) in [5.74, 6) is 0.146. The highest BCUT2D eigenvalue weighted by Crippen LogP contribution is 2.51. The van der Waals surface area contributed by atoms with Crippen molar-refractivity contribution in [3.05, 3.63) is 46.7 Å². The Hall–Kier alpha value is -2.21. The number of rotatable bonds is 5. The molecule has 0 amide bonds. The molecule has 5 nitrogen and oxygen atoms in total. The molecule has 1 fully saturated rings. The van der Waals surface area contributed by atoms with Crippen molar-refractivity contribution >= 4 is 28.3 Å². The highest BCUT2D eigenvalue weighted by atomic mass is 32.1. The molecule has 2 aromatic rings. The number of pyridine rings is 1. The summed E-state index contributed by atoms with van der Waals surface area (Å²) in [6.45, 7) is 13.5. The normalized spacial score (nSPS) is 19.9. The minimum absolute atomic E-state index is 0.0453. The van der Waals surface area contributed by atoms with Crippen molar-refractivity contribution in [3.63, 3.8) is 0 Å². The lowest BCUT2D eigenvalue weighted by Gasteiger charge is -2.37. The summed E-state index contributed by atoms with van der Waals surface area (Å²) in [4.78, 5) is 24.2. The Morgan fingerprint density at radius 1 is 1.21 bits per heavy atom. The molecule has 2 aliphatic carbocycles. The van der Waals surface area contributed by atoms with Gasteiger partial charge in [0.05, 0.1) is 11.3 Å². The second kappa shape index (κ2) is 6.94. The van der Waals surface area contributed by atoms with E-state index in [4.69, 9.17) is 4.98 Å². The van der Waals surface area contributed by atoms with Crippen molar-refractivity contribution in [3.8, 4) is 0 Å². The standard InChI is InChI=1S/C23H29N3O2S/c1-14(15-7-6-8-15)26(17-10-9-16(13-24-17)20(27)28)21-25-18-19(29-21)23(4,5)12-11-22(18,2)3/h9-10,13,15H,1,6-8,11-12H2,2-5H3,(H,27,28). The molecule has 4 rings (SSSR count). The molecular weight excluding hydrogens is 382 g/mol. The smallest absolute Gasteiger partial charge is 0.337 e. The van der Waals surface area contributed by atoms with E-state index in [0.29, 0.717) is 11.7 Å². The number of thiazole rings is 1. The summed E-state index contributed by atoms with van der Waals surface area (Å²) < 4.78 is 0. The number of hydrogen-bond acceptors (Lipinski definition) is 5. The van der Waals surface area contributed by atoms with Crippen LogP contribution in [0.15, 0.2) is 30.6 Å². The molecule has 2 heterocycles. The summed E-state index contributed by atoms with van der Waals surface area (Å²) in [5.41, 5.74) is 2.52. The monoisotopic (exact) mass is 411 g/mol. The molecule has 0 bridgehead atoms. The molecule has 0 spiro atoms. The number of hydrogen-bond donors (Lipinski definition) is 1. The predicted molar refractivity (Wildman–Crippen MR) is 117 cm³/mol. The third-order valence-corrected chi connectivity index (χ3v) is 7.93. The number of fused-ring (bicyclic) bond motifs is 1. The number of anilines is 2. The fourth-order valence-corrected chi connectivity index (χ4v) is 5.53. The van der Waals surface area contributed by atoms with Crippen LogP contribution in [0.3, 0.4) is 0 Å². The summed E-state index contributed by atoms with van der Waals surface area (Å²) in [7, 11) is 0. The molecule has 154 valence electrons. The lowest BCUT2D eigenvalue weighted by molar-refractivity contribution is 0.0696. The van der Waals surface area contributed by atoms with E-state index in [0.717, 1.165) is 36.5 Å². The van der Waals surface area contributed by atoms with Gasteiger partial charge in [0.2, 0.25) is 0 Å². The second-order valence-corrected chi connectivity index (χ2v) is 10.6. The molecule has 0 aliphatic heterocycles. The van der Waals surface area contributed by atoms with E-state index in [-0.39, 0.29) is 16.4 Å². The molecule has 1 N–H and O–H groups in total. The van der Waals surface area contributed by atoms with E-state index >= 15 is 0 Å². The van der Waals surface area contributed by atoms with Gasteiger partial charge in [0.25, 0.3) is 0 Å². The topological polar surface area (TPSA) is 66.3 Å². The average Bonchev–Trinajstić information content (AvgIpc) is 3.06. The van der Waals surface area contributed by atoms with Gasteiger partial charge in [0.1, 0.15) is 5.82 Å². The van der Waals surface area contributed by atoms with Crippen LogP contribution in [0.4, 0.5) is 10.9 Å². The van der Waals surface area contributed by atoms with Crippen molar-refractivity contribution < 1.29 is 9.90 Å². The Labute approximate surface area is 176 Å². The van der Waals surface area contributed by atoms with Crippen molar-refractivity contribution in [1.82, 2.24) is 9.97 Å². The van der Waals surface area contributed by atoms with Crippen LogP contribution >= 0.6 is 11.3 Å². The van der Waals surface area contributed by atoms with Gasteiger partial charge in [-0.1, -0.05) is 40.7 Å². The van der Waals surface area contributed by atoms with Crippen molar-refractivity contribution in [2.45, 2.75) is 70.6 Å². The lowest BCUT2D eigenvalue weighted by atomic mass is 9.69. The first-order chi connectivity index (χ1) is 13.6. The quantitative estimate of drug-likeness (QED) is 0.650. The predicted octanol–water partition coefficient (Wildman–Crippen LogP) is 6.04. The van der Waals surface area contributed by atoms with E-state index in [1.54, 1.807) is 23.5 Å². The van der Waals surface area contributed by atoms with Crippen LogP contribution < -0.4 is 4.90 Å². The minimum atomic E-state index is -0.971. The maximum Gasteiger partial charge on any atom is 0.337 e. The summed E-state index contributed by atoms with van der Waals surface area (Å²) in [6, 6.07) is 3.37. The van der Waals surface area contributed by atoms with E-state index in [2.05, 4.69) is 44.2 Å². The van der Waals surface area contributed by atoms with E-state index < -0.39 is 5.97 Å². The Morgan fingerprint density at radius 2 is 1.90 bits per heavy atom. The molecule has 0 unspecified atom stereocenters. The fourth-order valence-electron chi connectivity index (χ4n) is 4.12. The molecule has 0 aromatic carbocycles. The molecule has 2 aliphatic rings. The molecule has 29 heavy (non-hydrogen) atoms. The fraction of sp³-hybridized carbons (Fsp3) is 0.522. The van der Waals surface area contributed by atoms with E-state index in [1.165, 1.54) is 23.2 Å². The van der Waals surface area contributed by atoms with Crippen LogP contribution in [0.1, 0.15) is 80.7 Å². The lowest BCUT2D eigenvalue weighted by Crippen LogP contribution is -2.32. The van der Waals surface area contributed by atoms with Crippen LogP contribution in [0.5, 0.6) is 0 Å². The van der Waals surface area contributed by atoms with Gasteiger partial charge in [-0.3, -0.25) is 4.90 Å². The number of allylic oxidation sites excluding steroid dienone is 1. The summed E-state index contributed by atoms with van der Waals surface area (Å²) in [5, 5.41) is 10.1. The Kier molecular flexibility index (Phi) is 4.80. The van der Waals surface area contributed by atoms with Crippen LogP contribution in [0.2, 0.25) is 0 Å². The van der Waals surface area contributed by atoms with Crippen LogP contribution in [-0.4, -0.2) is 21.0 Å². The van der Waals surface area contributed by atoms with Gasteiger partial charge in [-0.2, -0.15) is 0 Å².